The second-order valence-electron chi connectivity index (χ2n) is 4.66. The number of aromatic nitrogens is 3. The topological polar surface area (TPSA) is 30.2 Å². The molecule has 0 N–H and O–H groups in total. The second kappa shape index (κ2) is 2.80. The Kier molecular flexibility index (Phi) is 1.84. The Morgan fingerprint density at radius 2 is 1.93 bits per heavy atom. The van der Waals surface area contributed by atoms with Crippen LogP contribution in [0.25, 0.3) is 5.65 Å². The van der Waals surface area contributed by atoms with E-state index in [-0.39, 0.29) is 5.41 Å². The van der Waals surface area contributed by atoms with Gasteiger partial charge in [-0.15, -0.1) is 10.2 Å². The zero-order chi connectivity index (χ0) is 10.3. The van der Waals surface area contributed by atoms with E-state index in [0.29, 0.717) is 0 Å². The average molecular weight is 189 g/mol. The molecule has 2 aromatic heterocycles. The fourth-order valence-corrected chi connectivity index (χ4v) is 1.56. The molecule has 0 radical (unpaired) electrons. The van der Waals surface area contributed by atoms with Gasteiger partial charge in [0.1, 0.15) is 5.82 Å². The first kappa shape index (κ1) is 9.19. The number of hydrogen-bond acceptors (Lipinski definition) is 2. The van der Waals surface area contributed by atoms with Crippen LogP contribution in [-0.2, 0) is 5.41 Å². The van der Waals surface area contributed by atoms with E-state index in [9.17, 15) is 0 Å². The molecular weight excluding hydrogens is 174 g/mol. The van der Waals surface area contributed by atoms with Gasteiger partial charge in [0.05, 0.1) is 0 Å². The van der Waals surface area contributed by atoms with E-state index < -0.39 is 0 Å². The minimum atomic E-state index is 0.0349. The molecule has 0 aliphatic heterocycles. The zero-order valence-electron chi connectivity index (χ0n) is 9.07. The Bertz CT molecular complexity index is 463. The first-order valence-electron chi connectivity index (χ1n) is 4.81. The van der Waals surface area contributed by atoms with Crippen LogP contribution in [0.2, 0.25) is 0 Å². The number of pyridine rings is 1. The number of hydrogen-bond donors (Lipinski definition) is 0. The van der Waals surface area contributed by atoms with Crippen LogP contribution in [-0.4, -0.2) is 14.6 Å². The van der Waals surface area contributed by atoms with E-state index in [2.05, 4.69) is 48.4 Å². The Hall–Kier alpha value is -1.38. The molecule has 3 nitrogen and oxygen atoms in total. The molecule has 74 valence electrons. The highest BCUT2D eigenvalue weighted by molar-refractivity contribution is 5.46. The number of aryl methyl sites for hydroxylation is 1. The number of fused-ring (bicyclic) bond motifs is 1. The van der Waals surface area contributed by atoms with Gasteiger partial charge in [0.25, 0.3) is 0 Å². The van der Waals surface area contributed by atoms with E-state index in [1.54, 1.807) is 0 Å². The molecule has 0 amide bonds. The summed E-state index contributed by atoms with van der Waals surface area (Å²) in [7, 11) is 0. The van der Waals surface area contributed by atoms with Crippen LogP contribution in [0.3, 0.4) is 0 Å². The van der Waals surface area contributed by atoms with Gasteiger partial charge < -0.3 is 0 Å². The molecule has 0 aliphatic rings. The maximum Gasteiger partial charge on any atom is 0.163 e. The van der Waals surface area contributed by atoms with Gasteiger partial charge in [-0.25, -0.2) is 0 Å². The molecule has 0 bridgehead atoms. The monoisotopic (exact) mass is 189 g/mol. The lowest BCUT2D eigenvalue weighted by molar-refractivity contribution is 0.538. The summed E-state index contributed by atoms with van der Waals surface area (Å²) in [5.41, 5.74) is 2.15. The van der Waals surface area contributed by atoms with Crippen molar-refractivity contribution in [3.05, 3.63) is 29.7 Å². The van der Waals surface area contributed by atoms with Crippen LogP contribution in [0, 0.1) is 6.92 Å². The van der Waals surface area contributed by atoms with Crippen molar-refractivity contribution in [1.29, 1.82) is 0 Å². The second-order valence-corrected chi connectivity index (χ2v) is 4.66. The van der Waals surface area contributed by atoms with Gasteiger partial charge in [0.2, 0.25) is 0 Å². The maximum atomic E-state index is 4.24. The molecule has 2 rings (SSSR count). The number of nitrogens with zero attached hydrogens (tertiary/aromatic N) is 3. The quantitative estimate of drug-likeness (QED) is 0.636. The molecule has 0 fully saturated rings. The van der Waals surface area contributed by atoms with Gasteiger partial charge in [0.15, 0.2) is 5.65 Å². The van der Waals surface area contributed by atoms with Crippen LogP contribution < -0.4 is 0 Å². The van der Waals surface area contributed by atoms with Crippen molar-refractivity contribution in [3.8, 4) is 0 Å². The fourth-order valence-electron chi connectivity index (χ4n) is 1.56. The lowest BCUT2D eigenvalue weighted by Gasteiger charge is -2.15. The third kappa shape index (κ3) is 1.29. The summed E-state index contributed by atoms with van der Waals surface area (Å²) in [6.07, 6.45) is 2.02. The number of rotatable bonds is 0. The highest BCUT2D eigenvalue weighted by Crippen LogP contribution is 2.21. The largest absolute Gasteiger partial charge is 0.286 e. The normalized spacial score (nSPS) is 12.3. The van der Waals surface area contributed by atoms with Crippen LogP contribution in [0.1, 0.15) is 32.2 Å². The summed E-state index contributed by atoms with van der Waals surface area (Å²) in [6.45, 7) is 8.49. The van der Waals surface area contributed by atoms with Crippen molar-refractivity contribution < 1.29 is 0 Å². The van der Waals surface area contributed by atoms with Gasteiger partial charge >= 0.3 is 0 Å². The van der Waals surface area contributed by atoms with Crippen molar-refractivity contribution in [1.82, 2.24) is 14.6 Å². The molecule has 0 saturated heterocycles. The summed E-state index contributed by atoms with van der Waals surface area (Å²) < 4.78 is 2.06. The van der Waals surface area contributed by atoms with Crippen LogP contribution >= 0.6 is 0 Å². The van der Waals surface area contributed by atoms with Gasteiger partial charge in [-0.05, 0) is 18.6 Å². The molecule has 2 aromatic rings. The average Bonchev–Trinajstić information content (AvgIpc) is 2.47. The van der Waals surface area contributed by atoms with Crippen molar-refractivity contribution in [2.45, 2.75) is 33.1 Å². The minimum Gasteiger partial charge on any atom is -0.286 e. The summed E-state index contributed by atoms with van der Waals surface area (Å²) in [5, 5.41) is 8.44. The minimum absolute atomic E-state index is 0.0349. The lowest BCUT2D eigenvalue weighted by atomic mass is 9.96. The van der Waals surface area contributed by atoms with Gasteiger partial charge in [0, 0.05) is 11.6 Å². The van der Waals surface area contributed by atoms with E-state index in [0.717, 1.165) is 17.0 Å². The van der Waals surface area contributed by atoms with Crippen LogP contribution in [0.5, 0.6) is 0 Å². The molecule has 0 spiro atoms. The SMILES string of the molecule is Cc1cccn2c(C(C)(C)C)nnc12. The molecule has 3 heteroatoms. The van der Waals surface area contributed by atoms with Crippen molar-refractivity contribution in [2.24, 2.45) is 0 Å². The molecule has 14 heavy (non-hydrogen) atoms. The summed E-state index contributed by atoms with van der Waals surface area (Å²) in [6, 6.07) is 4.08. The summed E-state index contributed by atoms with van der Waals surface area (Å²) in [5.74, 6) is 1.01. The van der Waals surface area contributed by atoms with Crippen LogP contribution in [0.15, 0.2) is 18.3 Å². The van der Waals surface area contributed by atoms with Crippen molar-refractivity contribution in [3.63, 3.8) is 0 Å². The third-order valence-electron chi connectivity index (χ3n) is 2.30. The molecule has 0 saturated carbocycles. The first-order chi connectivity index (χ1) is 6.50. The Labute approximate surface area is 83.8 Å². The lowest BCUT2D eigenvalue weighted by Crippen LogP contribution is -2.15. The van der Waals surface area contributed by atoms with Crippen molar-refractivity contribution in [2.75, 3.05) is 0 Å². The molecule has 0 unspecified atom stereocenters. The zero-order valence-corrected chi connectivity index (χ0v) is 9.07. The smallest absolute Gasteiger partial charge is 0.163 e. The van der Waals surface area contributed by atoms with Crippen LogP contribution in [0.4, 0.5) is 0 Å². The Morgan fingerprint density at radius 1 is 1.21 bits per heavy atom. The highest BCUT2D eigenvalue weighted by atomic mass is 15.3. The summed E-state index contributed by atoms with van der Waals surface area (Å²) in [4.78, 5) is 0. The predicted molar refractivity (Wildman–Crippen MR) is 56.4 cm³/mol. The first-order valence-corrected chi connectivity index (χ1v) is 4.81. The van der Waals surface area contributed by atoms with E-state index in [1.807, 2.05) is 12.3 Å². The maximum absolute atomic E-state index is 4.24. The standard InChI is InChI=1S/C11H15N3/c1-8-6-5-7-14-9(8)12-13-10(14)11(2,3)4/h5-7H,1-4H3. The highest BCUT2D eigenvalue weighted by Gasteiger charge is 2.20. The van der Waals surface area contributed by atoms with Gasteiger partial charge in [-0.1, -0.05) is 26.8 Å². The van der Waals surface area contributed by atoms with Gasteiger partial charge in [-0.2, -0.15) is 0 Å². The van der Waals surface area contributed by atoms with Crippen molar-refractivity contribution >= 4 is 5.65 Å². The molecule has 2 heterocycles. The fraction of sp³-hybridized carbons (Fsp3) is 0.455. The Morgan fingerprint density at radius 3 is 2.57 bits per heavy atom. The third-order valence-corrected chi connectivity index (χ3v) is 2.30. The molecule has 0 atom stereocenters. The molecular formula is C11H15N3. The summed E-state index contributed by atoms with van der Waals surface area (Å²) >= 11 is 0. The van der Waals surface area contributed by atoms with E-state index in [1.165, 1.54) is 0 Å². The predicted octanol–water partition coefficient (Wildman–Crippen LogP) is 2.34. The van der Waals surface area contributed by atoms with E-state index >= 15 is 0 Å². The Balaban J connectivity index is 2.76. The van der Waals surface area contributed by atoms with E-state index in [4.69, 9.17) is 0 Å². The molecule has 0 aliphatic carbocycles. The van der Waals surface area contributed by atoms with Gasteiger partial charge in [-0.3, -0.25) is 4.40 Å². The molecule has 0 aromatic carbocycles.